The zero-order valence-corrected chi connectivity index (χ0v) is 15.2. The van der Waals surface area contributed by atoms with Crippen LogP contribution in [0.15, 0.2) is 33.4 Å². The van der Waals surface area contributed by atoms with Gasteiger partial charge in [0.1, 0.15) is 10.6 Å². The molecule has 0 saturated carbocycles. The third kappa shape index (κ3) is 3.97. The van der Waals surface area contributed by atoms with E-state index in [1.165, 1.54) is 11.3 Å². The fourth-order valence-corrected chi connectivity index (χ4v) is 3.59. The number of anilines is 1. The standard InChI is InChI=1S/C16H16BrN3O2S/c1-9(2)5-15-19-20-16(23-15)18-14(21)6-10-8-22-13-4-3-11(17)7-12(10)13/h3-4,7-9H,5-6H2,1-2H3,(H,18,20,21). The second kappa shape index (κ2) is 6.80. The van der Waals surface area contributed by atoms with Crippen LogP contribution in [0, 0.1) is 5.92 Å². The van der Waals surface area contributed by atoms with Crippen molar-refractivity contribution in [2.24, 2.45) is 5.92 Å². The Balaban J connectivity index is 1.69. The van der Waals surface area contributed by atoms with E-state index in [1.54, 1.807) is 6.26 Å². The minimum atomic E-state index is -0.125. The first-order valence-electron chi connectivity index (χ1n) is 7.29. The molecule has 7 heteroatoms. The number of fused-ring (bicyclic) bond motifs is 1. The summed E-state index contributed by atoms with van der Waals surface area (Å²) in [5.74, 6) is 0.391. The van der Waals surface area contributed by atoms with Crippen LogP contribution >= 0.6 is 27.3 Å². The van der Waals surface area contributed by atoms with E-state index in [2.05, 4.69) is 45.3 Å². The zero-order valence-electron chi connectivity index (χ0n) is 12.8. The predicted octanol–water partition coefficient (Wildman–Crippen LogP) is 4.43. The van der Waals surface area contributed by atoms with Crippen LogP contribution in [0.3, 0.4) is 0 Å². The van der Waals surface area contributed by atoms with Crippen LogP contribution < -0.4 is 5.32 Å². The number of aromatic nitrogens is 2. The number of nitrogens with zero attached hydrogens (tertiary/aromatic N) is 2. The number of carbonyl (C=O) groups is 1. The van der Waals surface area contributed by atoms with Gasteiger partial charge in [0.25, 0.3) is 0 Å². The van der Waals surface area contributed by atoms with Crippen molar-refractivity contribution in [3.05, 3.63) is 39.5 Å². The molecule has 0 fully saturated rings. The second-order valence-electron chi connectivity index (χ2n) is 5.73. The lowest BCUT2D eigenvalue weighted by molar-refractivity contribution is -0.115. The van der Waals surface area contributed by atoms with E-state index in [0.717, 1.165) is 32.4 Å². The number of hydrogen-bond acceptors (Lipinski definition) is 5. The van der Waals surface area contributed by atoms with Crippen LogP contribution in [-0.2, 0) is 17.6 Å². The van der Waals surface area contributed by atoms with Crippen LogP contribution in [0.5, 0.6) is 0 Å². The highest BCUT2D eigenvalue weighted by atomic mass is 79.9. The maximum Gasteiger partial charge on any atom is 0.230 e. The minimum absolute atomic E-state index is 0.125. The Labute approximate surface area is 146 Å². The first-order valence-corrected chi connectivity index (χ1v) is 8.90. The van der Waals surface area contributed by atoms with Crippen LogP contribution in [0.2, 0.25) is 0 Å². The van der Waals surface area contributed by atoms with E-state index in [1.807, 2.05) is 18.2 Å². The van der Waals surface area contributed by atoms with Gasteiger partial charge in [0.05, 0.1) is 12.7 Å². The molecule has 5 nitrogen and oxygen atoms in total. The second-order valence-corrected chi connectivity index (χ2v) is 7.70. The molecule has 0 spiro atoms. The summed E-state index contributed by atoms with van der Waals surface area (Å²) < 4.78 is 6.43. The van der Waals surface area contributed by atoms with Gasteiger partial charge in [-0.25, -0.2) is 0 Å². The highest BCUT2D eigenvalue weighted by Gasteiger charge is 2.13. The third-order valence-electron chi connectivity index (χ3n) is 3.26. The lowest BCUT2D eigenvalue weighted by atomic mass is 10.1. The van der Waals surface area contributed by atoms with Crippen molar-refractivity contribution in [2.45, 2.75) is 26.7 Å². The Morgan fingerprint density at radius 1 is 1.39 bits per heavy atom. The number of rotatable bonds is 5. The summed E-state index contributed by atoms with van der Waals surface area (Å²) in [6.07, 6.45) is 2.73. The monoisotopic (exact) mass is 393 g/mol. The molecule has 0 unspecified atom stereocenters. The highest BCUT2D eigenvalue weighted by molar-refractivity contribution is 9.10. The summed E-state index contributed by atoms with van der Waals surface area (Å²) in [6.45, 7) is 4.25. The largest absolute Gasteiger partial charge is 0.464 e. The van der Waals surface area contributed by atoms with E-state index in [0.29, 0.717) is 11.0 Å². The Kier molecular flexibility index (Phi) is 4.77. The zero-order chi connectivity index (χ0) is 16.4. The lowest BCUT2D eigenvalue weighted by Crippen LogP contribution is -2.13. The van der Waals surface area contributed by atoms with E-state index in [4.69, 9.17) is 4.42 Å². The molecule has 3 aromatic rings. The van der Waals surface area contributed by atoms with Gasteiger partial charge in [-0.1, -0.05) is 41.1 Å². The molecule has 0 radical (unpaired) electrons. The summed E-state index contributed by atoms with van der Waals surface area (Å²) in [4.78, 5) is 12.2. The Bertz CT molecular complexity index is 841. The average Bonchev–Trinajstić information content (AvgIpc) is 3.06. The summed E-state index contributed by atoms with van der Waals surface area (Å²) in [7, 11) is 0. The van der Waals surface area contributed by atoms with E-state index in [9.17, 15) is 4.79 Å². The maximum atomic E-state index is 12.2. The quantitative estimate of drug-likeness (QED) is 0.695. The van der Waals surface area contributed by atoms with Gasteiger partial charge in [0.15, 0.2) is 0 Å². The van der Waals surface area contributed by atoms with Gasteiger partial charge >= 0.3 is 0 Å². The minimum Gasteiger partial charge on any atom is -0.464 e. The molecular formula is C16H16BrN3O2S. The molecule has 2 heterocycles. The van der Waals surface area contributed by atoms with Crippen LogP contribution in [0.4, 0.5) is 5.13 Å². The molecule has 120 valence electrons. The molecule has 0 bridgehead atoms. The van der Waals surface area contributed by atoms with Gasteiger partial charge in [0, 0.05) is 21.8 Å². The molecule has 0 aliphatic heterocycles. The molecule has 23 heavy (non-hydrogen) atoms. The molecular weight excluding hydrogens is 378 g/mol. The van der Waals surface area contributed by atoms with Gasteiger partial charge in [0.2, 0.25) is 11.0 Å². The smallest absolute Gasteiger partial charge is 0.230 e. The van der Waals surface area contributed by atoms with Crippen molar-refractivity contribution in [1.82, 2.24) is 10.2 Å². The van der Waals surface area contributed by atoms with Crippen molar-refractivity contribution < 1.29 is 9.21 Å². The van der Waals surface area contributed by atoms with Crippen LogP contribution in [0.25, 0.3) is 11.0 Å². The van der Waals surface area contributed by atoms with Gasteiger partial charge in [-0.15, -0.1) is 10.2 Å². The highest BCUT2D eigenvalue weighted by Crippen LogP contribution is 2.26. The number of halogens is 1. The summed E-state index contributed by atoms with van der Waals surface area (Å²) in [6, 6.07) is 5.74. The maximum absolute atomic E-state index is 12.2. The summed E-state index contributed by atoms with van der Waals surface area (Å²) in [5.41, 5.74) is 1.62. The predicted molar refractivity (Wildman–Crippen MR) is 94.7 cm³/mol. The van der Waals surface area contributed by atoms with Gasteiger partial charge in [-0.05, 0) is 24.1 Å². The number of benzene rings is 1. The van der Waals surface area contributed by atoms with Gasteiger partial charge in [-0.3, -0.25) is 4.79 Å². The first kappa shape index (κ1) is 16.1. The fourth-order valence-electron chi connectivity index (χ4n) is 2.26. The summed E-state index contributed by atoms with van der Waals surface area (Å²) in [5, 5.41) is 13.3. The fraction of sp³-hybridized carbons (Fsp3) is 0.312. The SMILES string of the molecule is CC(C)Cc1nnc(NC(=O)Cc2coc3ccc(Br)cc23)s1. The molecule has 3 rings (SSSR count). The normalized spacial score (nSPS) is 11.3. The number of carbonyl (C=O) groups excluding carboxylic acids is 1. The van der Waals surface area contributed by atoms with Crippen molar-refractivity contribution in [2.75, 3.05) is 5.32 Å². The molecule has 0 atom stereocenters. The molecule has 0 saturated heterocycles. The van der Waals surface area contributed by atoms with Crippen LogP contribution in [0.1, 0.15) is 24.4 Å². The molecule has 1 N–H and O–H groups in total. The number of nitrogens with one attached hydrogen (secondary N) is 1. The van der Waals surface area contributed by atoms with E-state index < -0.39 is 0 Å². The topological polar surface area (TPSA) is 68.0 Å². The van der Waals surface area contributed by atoms with Gasteiger partial charge < -0.3 is 9.73 Å². The first-order chi connectivity index (χ1) is 11.0. The van der Waals surface area contributed by atoms with Crippen molar-refractivity contribution in [3.63, 3.8) is 0 Å². The Morgan fingerprint density at radius 2 is 2.22 bits per heavy atom. The molecule has 2 aromatic heterocycles. The van der Waals surface area contributed by atoms with Gasteiger partial charge in [-0.2, -0.15) is 0 Å². The van der Waals surface area contributed by atoms with Crippen LogP contribution in [-0.4, -0.2) is 16.1 Å². The third-order valence-corrected chi connectivity index (χ3v) is 4.62. The lowest BCUT2D eigenvalue weighted by Gasteiger charge is -2.00. The number of amides is 1. The Morgan fingerprint density at radius 3 is 3.00 bits per heavy atom. The molecule has 0 aliphatic carbocycles. The van der Waals surface area contributed by atoms with Crippen molar-refractivity contribution in [1.29, 1.82) is 0 Å². The molecule has 1 amide bonds. The summed E-state index contributed by atoms with van der Waals surface area (Å²) >= 11 is 4.86. The molecule has 0 aliphatic rings. The Hall–Kier alpha value is -1.73. The van der Waals surface area contributed by atoms with Crippen molar-refractivity contribution >= 4 is 49.3 Å². The van der Waals surface area contributed by atoms with E-state index >= 15 is 0 Å². The number of furan rings is 1. The molecule has 1 aromatic carbocycles. The van der Waals surface area contributed by atoms with E-state index in [-0.39, 0.29) is 12.3 Å². The number of hydrogen-bond donors (Lipinski definition) is 1. The van der Waals surface area contributed by atoms with Crippen molar-refractivity contribution in [3.8, 4) is 0 Å². The average molecular weight is 394 g/mol.